The standard InChI is InChI=1S/C7H7N3O2S/c1-9-5(11)4-6(13-3-8-4)10(2)7(9)12/h3H,1-2H3. The van der Waals surface area contributed by atoms with Crippen LogP contribution in [0.4, 0.5) is 0 Å². The highest BCUT2D eigenvalue weighted by atomic mass is 32.1. The summed E-state index contributed by atoms with van der Waals surface area (Å²) in [6, 6.07) is 0. The monoisotopic (exact) mass is 197 g/mol. The van der Waals surface area contributed by atoms with E-state index in [-0.39, 0.29) is 11.2 Å². The van der Waals surface area contributed by atoms with Crippen LogP contribution in [0.3, 0.4) is 0 Å². The van der Waals surface area contributed by atoms with E-state index in [1.54, 1.807) is 12.6 Å². The number of fused-ring (bicyclic) bond motifs is 1. The molecule has 0 fully saturated rings. The van der Waals surface area contributed by atoms with Crippen LogP contribution in [-0.4, -0.2) is 14.1 Å². The second-order valence-corrected chi connectivity index (χ2v) is 3.55. The third-order valence-corrected chi connectivity index (χ3v) is 2.84. The van der Waals surface area contributed by atoms with Gasteiger partial charge in [-0.25, -0.2) is 9.78 Å². The van der Waals surface area contributed by atoms with Crippen LogP contribution in [0.15, 0.2) is 15.1 Å². The molecule has 68 valence electrons. The molecule has 2 aromatic heterocycles. The van der Waals surface area contributed by atoms with Crippen molar-refractivity contribution < 1.29 is 0 Å². The van der Waals surface area contributed by atoms with Gasteiger partial charge in [0.25, 0.3) is 5.56 Å². The number of thiazole rings is 1. The predicted octanol–water partition coefficient (Wildman–Crippen LogP) is -0.306. The molecular weight excluding hydrogens is 190 g/mol. The minimum Gasteiger partial charge on any atom is -0.286 e. The normalized spacial score (nSPS) is 10.9. The number of rotatable bonds is 0. The van der Waals surface area contributed by atoms with Gasteiger partial charge >= 0.3 is 5.69 Å². The zero-order valence-corrected chi connectivity index (χ0v) is 7.96. The highest BCUT2D eigenvalue weighted by molar-refractivity contribution is 7.16. The molecule has 2 rings (SSSR count). The first-order chi connectivity index (χ1) is 6.13. The number of aromatic nitrogens is 3. The van der Waals surface area contributed by atoms with E-state index in [1.165, 1.54) is 23.0 Å². The Kier molecular flexibility index (Phi) is 1.59. The minimum atomic E-state index is -0.334. The van der Waals surface area contributed by atoms with Crippen LogP contribution in [0.25, 0.3) is 10.3 Å². The number of aryl methyl sites for hydroxylation is 1. The largest absolute Gasteiger partial charge is 0.331 e. The first-order valence-corrected chi connectivity index (χ1v) is 4.50. The van der Waals surface area contributed by atoms with Gasteiger partial charge in [0.1, 0.15) is 4.83 Å². The molecule has 0 aliphatic carbocycles. The lowest BCUT2D eigenvalue weighted by atomic mass is 10.5. The Morgan fingerprint density at radius 2 is 2.00 bits per heavy atom. The molecule has 0 atom stereocenters. The third-order valence-electron chi connectivity index (χ3n) is 1.93. The molecular formula is C7H7N3O2S. The molecule has 6 heteroatoms. The molecule has 0 saturated heterocycles. The molecule has 0 saturated carbocycles. The van der Waals surface area contributed by atoms with Crippen LogP contribution in [0.5, 0.6) is 0 Å². The van der Waals surface area contributed by atoms with Crippen LogP contribution >= 0.6 is 11.3 Å². The molecule has 2 heterocycles. The first kappa shape index (κ1) is 8.18. The fourth-order valence-electron chi connectivity index (χ4n) is 1.18. The SMILES string of the molecule is Cn1c(=O)c2ncsc2n(C)c1=O. The zero-order valence-electron chi connectivity index (χ0n) is 7.14. The van der Waals surface area contributed by atoms with Crippen LogP contribution in [0.1, 0.15) is 0 Å². The maximum Gasteiger partial charge on any atom is 0.331 e. The van der Waals surface area contributed by atoms with Crippen molar-refractivity contribution in [2.45, 2.75) is 0 Å². The van der Waals surface area contributed by atoms with E-state index in [0.717, 1.165) is 4.57 Å². The van der Waals surface area contributed by atoms with Crippen molar-refractivity contribution in [2.24, 2.45) is 14.1 Å². The highest BCUT2D eigenvalue weighted by Crippen LogP contribution is 2.09. The molecule has 0 aliphatic heterocycles. The summed E-state index contributed by atoms with van der Waals surface area (Å²) in [6.07, 6.45) is 0. The predicted molar refractivity (Wildman–Crippen MR) is 50.1 cm³/mol. The summed E-state index contributed by atoms with van der Waals surface area (Å²) in [4.78, 5) is 27.4. The van der Waals surface area contributed by atoms with E-state index < -0.39 is 0 Å². The van der Waals surface area contributed by atoms with E-state index in [0.29, 0.717) is 10.3 Å². The van der Waals surface area contributed by atoms with E-state index in [4.69, 9.17) is 0 Å². The highest BCUT2D eigenvalue weighted by Gasteiger charge is 2.09. The fourth-order valence-corrected chi connectivity index (χ4v) is 1.93. The Balaban J connectivity index is 3.21. The van der Waals surface area contributed by atoms with Crippen molar-refractivity contribution in [3.8, 4) is 0 Å². The van der Waals surface area contributed by atoms with Gasteiger partial charge in [-0.1, -0.05) is 0 Å². The van der Waals surface area contributed by atoms with Gasteiger partial charge in [-0.3, -0.25) is 13.9 Å². The van der Waals surface area contributed by atoms with Crippen molar-refractivity contribution in [1.29, 1.82) is 0 Å². The topological polar surface area (TPSA) is 56.9 Å². The van der Waals surface area contributed by atoms with Crippen LogP contribution in [-0.2, 0) is 14.1 Å². The van der Waals surface area contributed by atoms with Crippen LogP contribution in [0, 0.1) is 0 Å². The number of hydrogen-bond donors (Lipinski definition) is 0. The quantitative estimate of drug-likeness (QED) is 0.582. The molecule has 2 aromatic rings. The smallest absolute Gasteiger partial charge is 0.286 e. The molecule has 0 aromatic carbocycles. The maximum atomic E-state index is 11.5. The summed E-state index contributed by atoms with van der Waals surface area (Å²) in [5.41, 5.74) is 1.27. The average Bonchev–Trinajstić information content (AvgIpc) is 2.59. The van der Waals surface area contributed by atoms with E-state index in [2.05, 4.69) is 4.98 Å². The molecule has 5 nitrogen and oxygen atoms in total. The fraction of sp³-hybridized carbons (Fsp3) is 0.286. The van der Waals surface area contributed by atoms with Gasteiger partial charge in [-0.15, -0.1) is 11.3 Å². The van der Waals surface area contributed by atoms with E-state index in [1.807, 2.05) is 0 Å². The van der Waals surface area contributed by atoms with Crippen molar-refractivity contribution >= 4 is 21.7 Å². The van der Waals surface area contributed by atoms with Crippen molar-refractivity contribution in [2.75, 3.05) is 0 Å². The molecule has 0 aliphatic rings. The molecule has 0 radical (unpaired) electrons. The maximum absolute atomic E-state index is 11.5. The Hall–Kier alpha value is -1.43. The van der Waals surface area contributed by atoms with Gasteiger partial charge < -0.3 is 0 Å². The molecule has 0 unspecified atom stereocenters. The van der Waals surface area contributed by atoms with Gasteiger partial charge in [-0.05, 0) is 0 Å². The van der Waals surface area contributed by atoms with Crippen molar-refractivity contribution in [1.82, 2.24) is 14.1 Å². The van der Waals surface area contributed by atoms with Gasteiger partial charge in [0, 0.05) is 14.1 Å². The Bertz CT molecular complexity index is 577. The summed E-state index contributed by atoms with van der Waals surface area (Å²) < 4.78 is 2.48. The lowest BCUT2D eigenvalue weighted by Crippen LogP contribution is -2.36. The number of nitrogens with zero attached hydrogens (tertiary/aromatic N) is 3. The summed E-state index contributed by atoms with van der Waals surface area (Å²) >= 11 is 1.29. The molecule has 0 bridgehead atoms. The van der Waals surface area contributed by atoms with Gasteiger partial charge in [0.15, 0.2) is 5.52 Å². The van der Waals surface area contributed by atoms with Crippen LogP contribution in [0.2, 0.25) is 0 Å². The van der Waals surface area contributed by atoms with E-state index >= 15 is 0 Å². The second kappa shape index (κ2) is 2.53. The van der Waals surface area contributed by atoms with Gasteiger partial charge in [-0.2, -0.15) is 0 Å². The van der Waals surface area contributed by atoms with Crippen molar-refractivity contribution in [3.05, 3.63) is 26.3 Å². The first-order valence-electron chi connectivity index (χ1n) is 3.62. The Morgan fingerprint density at radius 1 is 1.31 bits per heavy atom. The lowest BCUT2D eigenvalue weighted by molar-refractivity contribution is 0.715. The molecule has 13 heavy (non-hydrogen) atoms. The van der Waals surface area contributed by atoms with Gasteiger partial charge in [0.2, 0.25) is 0 Å². The molecule has 0 amide bonds. The summed E-state index contributed by atoms with van der Waals surface area (Å²) in [6.45, 7) is 0. The van der Waals surface area contributed by atoms with Crippen molar-refractivity contribution in [3.63, 3.8) is 0 Å². The minimum absolute atomic E-state index is 0.318. The Labute approximate surface area is 76.9 Å². The van der Waals surface area contributed by atoms with E-state index in [9.17, 15) is 9.59 Å². The second-order valence-electron chi connectivity index (χ2n) is 2.71. The zero-order chi connectivity index (χ0) is 9.59. The lowest BCUT2D eigenvalue weighted by Gasteiger charge is -2.00. The molecule has 0 spiro atoms. The number of hydrogen-bond acceptors (Lipinski definition) is 4. The Morgan fingerprint density at radius 3 is 2.69 bits per heavy atom. The van der Waals surface area contributed by atoms with Gasteiger partial charge in [0.05, 0.1) is 5.51 Å². The average molecular weight is 197 g/mol. The third kappa shape index (κ3) is 0.951. The molecule has 0 N–H and O–H groups in total. The van der Waals surface area contributed by atoms with Crippen LogP contribution < -0.4 is 11.2 Å². The summed E-state index contributed by atoms with van der Waals surface area (Å²) in [7, 11) is 3.08. The summed E-state index contributed by atoms with van der Waals surface area (Å²) in [5, 5.41) is 0. The summed E-state index contributed by atoms with van der Waals surface area (Å²) in [5.74, 6) is 0.